The maximum atomic E-state index is 12.5. The number of amides is 1. The Morgan fingerprint density at radius 2 is 1.75 bits per heavy atom. The maximum Gasteiger partial charge on any atom is 0.229 e. The second-order valence-electron chi connectivity index (χ2n) is 8.07. The van der Waals surface area contributed by atoms with Gasteiger partial charge < -0.3 is 14.8 Å². The molecule has 0 saturated carbocycles. The first-order valence-electron chi connectivity index (χ1n) is 11.0. The lowest BCUT2D eigenvalue weighted by atomic mass is 10.0. The average Bonchev–Trinajstić information content (AvgIpc) is 3.28. The summed E-state index contributed by atoms with van der Waals surface area (Å²) in [5.41, 5.74) is 2.20. The third-order valence-electron chi connectivity index (χ3n) is 5.90. The Morgan fingerprint density at radius 1 is 1.00 bits per heavy atom. The predicted molar refractivity (Wildman–Crippen MR) is 124 cm³/mol. The highest BCUT2D eigenvalue weighted by Crippen LogP contribution is 2.30. The van der Waals surface area contributed by atoms with E-state index in [1.807, 2.05) is 53.2 Å². The van der Waals surface area contributed by atoms with E-state index in [-0.39, 0.29) is 11.9 Å². The molecule has 0 bridgehead atoms. The van der Waals surface area contributed by atoms with Crippen LogP contribution < -0.4 is 14.8 Å². The summed E-state index contributed by atoms with van der Waals surface area (Å²) in [6.07, 6.45) is 4.08. The van der Waals surface area contributed by atoms with E-state index in [1.54, 1.807) is 20.4 Å². The Morgan fingerprint density at radius 3 is 2.47 bits per heavy atom. The minimum Gasteiger partial charge on any atom is -0.493 e. The van der Waals surface area contributed by atoms with Crippen molar-refractivity contribution in [1.29, 1.82) is 0 Å². The number of ether oxygens (including phenoxy) is 2. The van der Waals surface area contributed by atoms with Crippen molar-refractivity contribution in [2.75, 3.05) is 32.6 Å². The monoisotopic (exact) mass is 434 g/mol. The first-order valence-corrected chi connectivity index (χ1v) is 11.0. The highest BCUT2D eigenvalue weighted by atomic mass is 16.5. The van der Waals surface area contributed by atoms with Crippen molar-refractivity contribution in [1.82, 2.24) is 14.7 Å². The number of hydrogen-bond acceptors (Lipinski definition) is 5. The minimum atomic E-state index is -0.0242. The van der Waals surface area contributed by atoms with Crippen LogP contribution in [-0.2, 0) is 17.8 Å². The first kappa shape index (κ1) is 21.9. The van der Waals surface area contributed by atoms with Crippen LogP contribution in [0.2, 0.25) is 0 Å². The lowest BCUT2D eigenvalue weighted by Gasteiger charge is -2.32. The molecular formula is C25H30N4O3. The number of rotatable bonds is 8. The molecule has 7 nitrogen and oxygen atoms in total. The lowest BCUT2D eigenvalue weighted by molar-refractivity contribution is -0.115. The Hall–Kier alpha value is -3.32. The van der Waals surface area contributed by atoms with Gasteiger partial charge in [-0.25, -0.2) is 4.68 Å². The molecule has 1 N–H and O–H groups in total. The number of benzene rings is 2. The van der Waals surface area contributed by atoms with E-state index in [1.165, 1.54) is 5.56 Å². The highest BCUT2D eigenvalue weighted by molar-refractivity contribution is 5.91. The molecule has 4 rings (SSSR count). The standard InChI is InChI=1S/C25H30N4O3/c1-31-22-9-8-20(16-23(22)32-2)18-28-14-11-21(12-15-28)29-24(10-13-26-29)27-25(30)17-19-6-4-3-5-7-19/h3-10,13,16,21H,11-12,14-15,17-18H2,1-2H3,(H,27,30). The van der Waals surface area contributed by atoms with Crippen molar-refractivity contribution < 1.29 is 14.3 Å². The van der Waals surface area contributed by atoms with Crippen LogP contribution in [0.3, 0.4) is 0 Å². The molecule has 2 aromatic carbocycles. The number of carbonyl (C=O) groups excluding carboxylic acids is 1. The number of likely N-dealkylation sites (tertiary alicyclic amines) is 1. The molecule has 1 aliphatic rings. The van der Waals surface area contributed by atoms with Gasteiger partial charge in [0.1, 0.15) is 5.82 Å². The molecule has 0 radical (unpaired) electrons. The molecular weight excluding hydrogens is 404 g/mol. The molecule has 1 aliphatic heterocycles. The van der Waals surface area contributed by atoms with Gasteiger partial charge in [-0.15, -0.1) is 0 Å². The van der Waals surface area contributed by atoms with E-state index >= 15 is 0 Å². The minimum absolute atomic E-state index is 0.0242. The number of nitrogens with zero attached hydrogens (tertiary/aromatic N) is 3. The quantitative estimate of drug-likeness (QED) is 0.582. The molecule has 1 saturated heterocycles. The van der Waals surface area contributed by atoms with Crippen molar-refractivity contribution in [3.63, 3.8) is 0 Å². The van der Waals surface area contributed by atoms with Crippen LogP contribution >= 0.6 is 0 Å². The topological polar surface area (TPSA) is 68.6 Å². The van der Waals surface area contributed by atoms with E-state index < -0.39 is 0 Å². The summed E-state index contributed by atoms with van der Waals surface area (Å²) in [7, 11) is 3.31. The number of nitrogens with one attached hydrogen (secondary N) is 1. The molecule has 32 heavy (non-hydrogen) atoms. The molecule has 0 spiro atoms. The third kappa shape index (κ3) is 5.29. The molecule has 0 aliphatic carbocycles. The SMILES string of the molecule is COc1ccc(CN2CCC(n3nccc3NC(=O)Cc3ccccc3)CC2)cc1OC. The van der Waals surface area contributed by atoms with Gasteiger partial charge >= 0.3 is 0 Å². The molecule has 1 aromatic heterocycles. The number of aromatic nitrogens is 2. The largest absolute Gasteiger partial charge is 0.493 e. The van der Waals surface area contributed by atoms with Gasteiger partial charge in [0.15, 0.2) is 11.5 Å². The van der Waals surface area contributed by atoms with Crippen molar-refractivity contribution in [3.05, 3.63) is 71.9 Å². The number of piperidine rings is 1. The van der Waals surface area contributed by atoms with E-state index in [4.69, 9.17) is 9.47 Å². The smallest absolute Gasteiger partial charge is 0.229 e. The fourth-order valence-electron chi connectivity index (χ4n) is 4.23. The zero-order chi connectivity index (χ0) is 22.3. The molecule has 3 aromatic rings. The number of methoxy groups -OCH3 is 2. The number of anilines is 1. The Balaban J connectivity index is 1.32. The summed E-state index contributed by atoms with van der Waals surface area (Å²) >= 11 is 0. The summed E-state index contributed by atoms with van der Waals surface area (Å²) in [6, 6.07) is 18.0. The first-order chi connectivity index (χ1) is 15.7. The fourth-order valence-corrected chi connectivity index (χ4v) is 4.23. The van der Waals surface area contributed by atoms with Crippen LogP contribution in [0.15, 0.2) is 60.8 Å². The van der Waals surface area contributed by atoms with Gasteiger partial charge in [-0.2, -0.15) is 5.10 Å². The van der Waals surface area contributed by atoms with E-state index in [9.17, 15) is 4.79 Å². The summed E-state index contributed by atoms with van der Waals surface area (Å²) in [5.74, 6) is 2.25. The Kier molecular flexibility index (Phi) is 7.07. The highest BCUT2D eigenvalue weighted by Gasteiger charge is 2.23. The van der Waals surface area contributed by atoms with Crippen LogP contribution in [0.4, 0.5) is 5.82 Å². The summed E-state index contributed by atoms with van der Waals surface area (Å²) < 4.78 is 12.7. The summed E-state index contributed by atoms with van der Waals surface area (Å²) in [6.45, 7) is 2.80. The van der Waals surface area contributed by atoms with Gasteiger partial charge in [0, 0.05) is 25.7 Å². The van der Waals surface area contributed by atoms with E-state index in [2.05, 4.69) is 21.4 Å². The molecule has 1 amide bonds. The van der Waals surface area contributed by atoms with Gasteiger partial charge in [0.05, 0.1) is 32.9 Å². The van der Waals surface area contributed by atoms with Crippen LogP contribution in [0.1, 0.15) is 30.0 Å². The van der Waals surface area contributed by atoms with Gasteiger partial charge in [0.25, 0.3) is 0 Å². The van der Waals surface area contributed by atoms with Crippen LogP contribution in [0, 0.1) is 0 Å². The maximum absolute atomic E-state index is 12.5. The molecule has 2 heterocycles. The number of hydrogen-bond donors (Lipinski definition) is 1. The van der Waals surface area contributed by atoms with Crippen molar-refractivity contribution >= 4 is 11.7 Å². The molecule has 1 fully saturated rings. The van der Waals surface area contributed by atoms with E-state index in [0.29, 0.717) is 6.42 Å². The second-order valence-corrected chi connectivity index (χ2v) is 8.07. The molecule has 168 valence electrons. The van der Waals surface area contributed by atoms with Crippen LogP contribution in [0.25, 0.3) is 0 Å². The van der Waals surface area contributed by atoms with Crippen molar-refractivity contribution in [2.45, 2.75) is 31.8 Å². The summed E-state index contributed by atoms with van der Waals surface area (Å²) in [4.78, 5) is 14.9. The van der Waals surface area contributed by atoms with Crippen molar-refractivity contribution in [2.24, 2.45) is 0 Å². The average molecular weight is 435 g/mol. The summed E-state index contributed by atoms with van der Waals surface area (Å²) in [5, 5.41) is 7.54. The molecule has 0 atom stereocenters. The zero-order valence-electron chi connectivity index (χ0n) is 18.7. The predicted octanol–water partition coefficient (Wildman–Crippen LogP) is 3.92. The van der Waals surface area contributed by atoms with Gasteiger partial charge in [-0.3, -0.25) is 9.69 Å². The Bertz CT molecular complexity index is 1030. The molecule has 0 unspecified atom stereocenters. The Labute approximate surface area is 188 Å². The van der Waals surface area contributed by atoms with Crippen LogP contribution in [0.5, 0.6) is 11.5 Å². The normalized spacial score (nSPS) is 14.8. The van der Waals surface area contributed by atoms with Gasteiger partial charge in [-0.1, -0.05) is 36.4 Å². The van der Waals surface area contributed by atoms with Crippen LogP contribution in [-0.4, -0.2) is 47.9 Å². The molecule has 7 heteroatoms. The number of carbonyl (C=O) groups is 1. The fraction of sp³-hybridized carbons (Fsp3) is 0.360. The van der Waals surface area contributed by atoms with E-state index in [0.717, 1.165) is 55.4 Å². The second kappa shape index (κ2) is 10.3. The lowest BCUT2D eigenvalue weighted by Crippen LogP contribution is -2.35. The van der Waals surface area contributed by atoms with Gasteiger partial charge in [0.2, 0.25) is 5.91 Å². The van der Waals surface area contributed by atoms with Gasteiger partial charge in [-0.05, 0) is 36.1 Å². The zero-order valence-corrected chi connectivity index (χ0v) is 18.7. The third-order valence-corrected chi connectivity index (χ3v) is 5.90. The van der Waals surface area contributed by atoms with Crippen molar-refractivity contribution in [3.8, 4) is 11.5 Å².